The van der Waals surface area contributed by atoms with Crippen LogP contribution in [0.3, 0.4) is 0 Å². The fourth-order valence-electron chi connectivity index (χ4n) is 11.0. The molecule has 0 aliphatic heterocycles. The van der Waals surface area contributed by atoms with Crippen LogP contribution in [0.25, 0.3) is 0 Å². The Hall–Kier alpha value is -0.950. The lowest BCUT2D eigenvalue weighted by atomic mass is 9.33. The van der Waals surface area contributed by atoms with Crippen molar-refractivity contribution in [2.24, 2.45) is 50.7 Å². The molecule has 204 valence electrons. The summed E-state index contributed by atoms with van der Waals surface area (Å²) in [4.78, 5) is 12.8. The molecule has 0 aromatic carbocycles. The first-order valence-corrected chi connectivity index (χ1v) is 14.2. The summed E-state index contributed by atoms with van der Waals surface area (Å²) in [7, 11) is 0. The quantitative estimate of drug-likeness (QED) is 0.361. The van der Waals surface area contributed by atoms with Gasteiger partial charge >= 0.3 is 5.97 Å². The van der Waals surface area contributed by atoms with E-state index in [0.717, 1.165) is 37.7 Å². The van der Waals surface area contributed by atoms with Crippen LogP contribution in [0.5, 0.6) is 0 Å². The van der Waals surface area contributed by atoms with Crippen LogP contribution in [0.15, 0.2) is 11.6 Å². The largest absolute Gasteiger partial charge is 0.481 e. The Morgan fingerprint density at radius 3 is 2.28 bits per heavy atom. The Morgan fingerprint density at radius 2 is 1.67 bits per heavy atom. The van der Waals surface area contributed by atoms with Crippen LogP contribution in [0.2, 0.25) is 0 Å². The molecule has 0 amide bonds. The molecule has 5 rings (SSSR count). The number of aliphatic carboxylic acids is 1. The molecule has 5 aliphatic rings. The van der Waals surface area contributed by atoms with Gasteiger partial charge in [0.1, 0.15) is 0 Å². The van der Waals surface area contributed by atoms with E-state index in [1.807, 2.05) is 13.8 Å². The van der Waals surface area contributed by atoms with Gasteiger partial charge < -0.3 is 25.5 Å². The van der Waals surface area contributed by atoms with Crippen LogP contribution in [-0.4, -0.2) is 55.9 Å². The highest BCUT2D eigenvalue weighted by atomic mass is 16.4. The van der Waals surface area contributed by atoms with E-state index in [9.17, 15) is 30.3 Å². The lowest BCUT2D eigenvalue weighted by Gasteiger charge is -2.72. The molecule has 0 heterocycles. The minimum atomic E-state index is -1.09. The minimum absolute atomic E-state index is 0.0252. The van der Waals surface area contributed by atoms with Crippen molar-refractivity contribution in [2.75, 3.05) is 6.61 Å². The topological polar surface area (TPSA) is 118 Å². The molecule has 0 spiro atoms. The van der Waals surface area contributed by atoms with Crippen molar-refractivity contribution in [2.45, 2.75) is 111 Å². The highest BCUT2D eigenvalue weighted by Gasteiger charge is 2.72. The first kappa shape index (κ1) is 26.6. The van der Waals surface area contributed by atoms with Gasteiger partial charge in [-0.2, -0.15) is 0 Å². The fraction of sp³-hybridized carbons (Fsp3) is 0.900. The summed E-state index contributed by atoms with van der Waals surface area (Å²) in [6, 6.07) is 0. The van der Waals surface area contributed by atoms with E-state index in [4.69, 9.17) is 0 Å². The van der Waals surface area contributed by atoms with Crippen molar-refractivity contribution < 1.29 is 30.3 Å². The smallest absolute Gasteiger partial charge is 0.310 e. The lowest BCUT2D eigenvalue weighted by Crippen LogP contribution is -2.69. The Bertz CT molecular complexity index is 974. The number of fused-ring (bicyclic) bond motifs is 7. The number of rotatable bonds is 2. The van der Waals surface area contributed by atoms with Crippen LogP contribution in [0.4, 0.5) is 0 Å². The van der Waals surface area contributed by atoms with Gasteiger partial charge in [-0.25, -0.2) is 0 Å². The Balaban J connectivity index is 1.65. The van der Waals surface area contributed by atoms with E-state index in [1.54, 1.807) is 0 Å². The summed E-state index contributed by atoms with van der Waals surface area (Å²) >= 11 is 0. The Kier molecular flexibility index (Phi) is 5.77. The molecular formula is C30H48O6. The summed E-state index contributed by atoms with van der Waals surface area (Å²) in [5.41, 5.74) is -2.28. The number of hydrogen-bond acceptors (Lipinski definition) is 5. The maximum Gasteiger partial charge on any atom is 0.310 e. The number of carboxylic acid groups (broad SMARTS) is 1. The molecule has 36 heavy (non-hydrogen) atoms. The standard InChI is InChI=1S/C30H48O6/c1-17-9-12-30(24(34)35)14-13-27(4)18(22(30)29(17,6)36)7-8-21-25(2)15-19(32)23(33)26(3,16-31)20(25)10-11-28(21,27)5/h7,17,19-23,31-33,36H,8-16H2,1-6H3,(H,34,35)/t17-,19-,20?,21-,22-,23-,25+,26?,27-,28-,29-,30+/m1/s1. The molecular weight excluding hydrogens is 456 g/mol. The Labute approximate surface area is 216 Å². The van der Waals surface area contributed by atoms with E-state index < -0.39 is 40.5 Å². The third kappa shape index (κ3) is 2.91. The van der Waals surface area contributed by atoms with E-state index in [1.165, 1.54) is 0 Å². The van der Waals surface area contributed by atoms with E-state index in [0.29, 0.717) is 19.3 Å². The summed E-state index contributed by atoms with van der Waals surface area (Å²) in [6.45, 7) is 12.6. The highest BCUT2D eigenvalue weighted by molar-refractivity contribution is 5.77. The van der Waals surface area contributed by atoms with Gasteiger partial charge in [0, 0.05) is 11.3 Å². The Morgan fingerprint density at radius 1 is 1.00 bits per heavy atom. The second kappa shape index (κ2) is 7.80. The molecule has 0 radical (unpaired) electrons. The van der Waals surface area contributed by atoms with E-state index in [-0.39, 0.29) is 40.6 Å². The van der Waals surface area contributed by atoms with Crippen LogP contribution >= 0.6 is 0 Å². The van der Waals surface area contributed by atoms with Gasteiger partial charge in [0.15, 0.2) is 0 Å². The SMILES string of the molecule is C[C@@H]1CC[C@]2(C(=O)O)CC[C@]3(C)C(=CC[C@@H]4[C@@]5(C)C[C@@H](O)[C@@H](O)C(C)(CO)C5CC[C@]43C)[C@@H]2[C@]1(C)O. The molecule has 0 saturated heterocycles. The van der Waals surface area contributed by atoms with Gasteiger partial charge in [0.2, 0.25) is 0 Å². The third-order valence-electron chi connectivity index (χ3n) is 13.6. The zero-order valence-electron chi connectivity index (χ0n) is 23.0. The number of hydrogen-bond donors (Lipinski definition) is 5. The molecule has 5 aliphatic carbocycles. The molecule has 4 fully saturated rings. The van der Waals surface area contributed by atoms with Gasteiger partial charge in [0.05, 0.1) is 29.8 Å². The van der Waals surface area contributed by atoms with Crippen molar-refractivity contribution in [1.29, 1.82) is 0 Å². The number of allylic oxidation sites excluding steroid dienone is 1. The average Bonchev–Trinajstić information content (AvgIpc) is 2.80. The zero-order chi connectivity index (χ0) is 26.7. The molecule has 6 heteroatoms. The van der Waals surface area contributed by atoms with Gasteiger partial charge in [0.25, 0.3) is 0 Å². The summed E-state index contributed by atoms with van der Waals surface area (Å²) < 4.78 is 0. The first-order chi connectivity index (χ1) is 16.6. The summed E-state index contributed by atoms with van der Waals surface area (Å²) in [5.74, 6) is -0.834. The number of carboxylic acids is 1. The first-order valence-electron chi connectivity index (χ1n) is 14.2. The summed E-state index contributed by atoms with van der Waals surface area (Å²) in [5, 5.41) is 54.8. The predicted octanol–water partition coefficient (Wildman–Crippen LogP) is 4.15. The van der Waals surface area contributed by atoms with Crippen LogP contribution in [0.1, 0.15) is 92.9 Å². The predicted molar refractivity (Wildman–Crippen MR) is 137 cm³/mol. The van der Waals surface area contributed by atoms with Crippen molar-refractivity contribution in [3.05, 3.63) is 11.6 Å². The van der Waals surface area contributed by atoms with Crippen molar-refractivity contribution in [3.8, 4) is 0 Å². The van der Waals surface area contributed by atoms with Gasteiger partial charge in [-0.1, -0.05) is 46.3 Å². The van der Waals surface area contributed by atoms with Gasteiger partial charge in [-0.15, -0.1) is 0 Å². The molecule has 0 bridgehead atoms. The normalized spacial score (nSPS) is 58.6. The van der Waals surface area contributed by atoms with Crippen molar-refractivity contribution in [3.63, 3.8) is 0 Å². The van der Waals surface area contributed by atoms with Gasteiger partial charge in [-0.3, -0.25) is 4.79 Å². The van der Waals surface area contributed by atoms with Crippen LogP contribution in [-0.2, 0) is 4.79 Å². The number of aliphatic hydroxyl groups is 4. The lowest BCUT2D eigenvalue weighted by molar-refractivity contribution is -0.247. The van der Waals surface area contributed by atoms with E-state index >= 15 is 0 Å². The highest BCUT2D eigenvalue weighted by Crippen LogP contribution is 2.76. The number of carbonyl (C=O) groups is 1. The van der Waals surface area contributed by atoms with E-state index in [2.05, 4.69) is 33.8 Å². The minimum Gasteiger partial charge on any atom is -0.481 e. The molecule has 5 N–H and O–H groups in total. The second-order valence-electron chi connectivity index (χ2n) is 14.7. The van der Waals surface area contributed by atoms with Crippen molar-refractivity contribution in [1.82, 2.24) is 0 Å². The van der Waals surface area contributed by atoms with Gasteiger partial charge in [-0.05, 0) is 92.3 Å². The molecule has 0 aromatic heterocycles. The summed E-state index contributed by atoms with van der Waals surface area (Å²) in [6.07, 6.45) is 6.20. The van der Waals surface area contributed by atoms with Crippen LogP contribution < -0.4 is 0 Å². The maximum absolute atomic E-state index is 12.8. The third-order valence-corrected chi connectivity index (χ3v) is 13.6. The molecule has 0 aromatic rings. The zero-order valence-corrected chi connectivity index (χ0v) is 23.0. The molecule has 6 nitrogen and oxygen atoms in total. The molecule has 4 saturated carbocycles. The van der Waals surface area contributed by atoms with Crippen LogP contribution in [0, 0.1) is 50.7 Å². The molecule has 2 unspecified atom stereocenters. The monoisotopic (exact) mass is 504 g/mol. The second-order valence-corrected chi connectivity index (χ2v) is 14.7. The fourth-order valence-corrected chi connectivity index (χ4v) is 11.0. The van der Waals surface area contributed by atoms with Crippen molar-refractivity contribution >= 4 is 5.97 Å². The number of aliphatic hydroxyl groups excluding tert-OH is 3. The average molecular weight is 505 g/mol. The maximum atomic E-state index is 12.8. The molecule has 12 atom stereocenters.